The summed E-state index contributed by atoms with van der Waals surface area (Å²) in [7, 11) is 0. The van der Waals surface area contributed by atoms with Crippen LogP contribution >= 0.6 is 11.6 Å². The maximum absolute atomic E-state index is 11.8. The minimum Gasteiger partial charge on any atom is -0.439 e. The summed E-state index contributed by atoms with van der Waals surface area (Å²) in [6, 6.07) is 11.1. The Balaban J connectivity index is 1.27. The number of rotatable bonds is 5. The van der Waals surface area contributed by atoms with Gasteiger partial charge in [0.25, 0.3) is 0 Å². The van der Waals surface area contributed by atoms with Crippen molar-refractivity contribution in [3.8, 4) is 0 Å². The van der Waals surface area contributed by atoms with Gasteiger partial charge in [0, 0.05) is 36.6 Å². The van der Waals surface area contributed by atoms with Gasteiger partial charge in [0.1, 0.15) is 23.9 Å². The van der Waals surface area contributed by atoms with Gasteiger partial charge < -0.3 is 14.9 Å². The Kier molecular flexibility index (Phi) is 5.27. The van der Waals surface area contributed by atoms with E-state index in [1.54, 1.807) is 12.1 Å². The molecule has 1 fully saturated rings. The second-order valence-corrected chi connectivity index (χ2v) is 8.18. The molecule has 8 nitrogen and oxygen atoms in total. The van der Waals surface area contributed by atoms with Gasteiger partial charge in [0.05, 0.1) is 18.1 Å². The number of carbonyl (C=O) groups is 1. The molecule has 0 aliphatic carbocycles. The monoisotopic (exact) mass is 436 g/mol. The highest BCUT2D eigenvalue weighted by Gasteiger charge is 2.27. The summed E-state index contributed by atoms with van der Waals surface area (Å²) in [6.07, 6.45) is 2.48. The van der Waals surface area contributed by atoms with Crippen molar-refractivity contribution in [2.24, 2.45) is 0 Å². The number of hydrogen-bond donors (Lipinski definition) is 1. The Hall–Kier alpha value is -3.07. The zero-order chi connectivity index (χ0) is 21.4. The van der Waals surface area contributed by atoms with Crippen molar-refractivity contribution in [3.05, 3.63) is 59.2 Å². The third kappa shape index (κ3) is 4.10. The smallest absolute Gasteiger partial charge is 0.209 e. The van der Waals surface area contributed by atoms with E-state index in [-0.39, 0.29) is 6.04 Å². The number of carbonyl (C=O) groups excluding carboxylic acids is 1. The molecule has 1 atom stereocenters. The summed E-state index contributed by atoms with van der Waals surface area (Å²) in [4.78, 5) is 29.1. The standard InChI is InChI=1S/C22H21ClN6O2/c23-15-2-4-20-19(8-15)27-21(31-20)11-28-5-6-29(16(10-28)12-30)9-14-1-3-17-18(7-14)25-13-26-22(17)24/h1-4,7-8,12-13,16H,5-6,9-11H2,(H2,24,25,26). The second-order valence-electron chi connectivity index (χ2n) is 7.74. The number of aromatic nitrogens is 3. The van der Waals surface area contributed by atoms with Gasteiger partial charge in [-0.2, -0.15) is 0 Å². The molecule has 2 aromatic heterocycles. The van der Waals surface area contributed by atoms with Crippen LogP contribution in [-0.4, -0.2) is 56.7 Å². The van der Waals surface area contributed by atoms with Crippen molar-refractivity contribution >= 4 is 45.7 Å². The van der Waals surface area contributed by atoms with E-state index < -0.39 is 0 Å². The number of anilines is 1. The van der Waals surface area contributed by atoms with E-state index >= 15 is 0 Å². The highest BCUT2D eigenvalue weighted by atomic mass is 35.5. The van der Waals surface area contributed by atoms with Gasteiger partial charge in [-0.25, -0.2) is 15.0 Å². The highest BCUT2D eigenvalue weighted by Crippen LogP contribution is 2.23. The van der Waals surface area contributed by atoms with Gasteiger partial charge in [-0.15, -0.1) is 0 Å². The molecule has 3 heterocycles. The van der Waals surface area contributed by atoms with E-state index in [4.69, 9.17) is 21.8 Å². The fourth-order valence-electron chi connectivity index (χ4n) is 4.04. The van der Waals surface area contributed by atoms with E-state index in [2.05, 4.69) is 24.8 Å². The first-order valence-electron chi connectivity index (χ1n) is 10.0. The maximum Gasteiger partial charge on any atom is 0.209 e. The largest absolute Gasteiger partial charge is 0.439 e. The predicted octanol–water partition coefficient (Wildman–Crippen LogP) is 2.89. The molecule has 31 heavy (non-hydrogen) atoms. The molecule has 0 amide bonds. The van der Waals surface area contributed by atoms with Crippen LogP contribution in [0.5, 0.6) is 0 Å². The van der Waals surface area contributed by atoms with Crippen LogP contribution in [0.15, 0.2) is 47.1 Å². The Morgan fingerprint density at radius 1 is 1.13 bits per heavy atom. The minimum atomic E-state index is -0.210. The number of piperazine rings is 1. The maximum atomic E-state index is 11.8. The number of hydrogen-bond acceptors (Lipinski definition) is 8. The Labute approximate surface area is 183 Å². The number of benzene rings is 2. The molecule has 1 aliphatic heterocycles. The van der Waals surface area contributed by atoms with Gasteiger partial charge in [-0.1, -0.05) is 17.7 Å². The number of nitrogen functional groups attached to an aromatic ring is 1. The molecule has 0 saturated carbocycles. The highest BCUT2D eigenvalue weighted by molar-refractivity contribution is 6.31. The molecule has 9 heteroatoms. The first-order valence-corrected chi connectivity index (χ1v) is 10.4. The summed E-state index contributed by atoms with van der Waals surface area (Å²) in [6.45, 7) is 3.41. The number of aldehydes is 1. The number of halogens is 1. The molecule has 0 bridgehead atoms. The van der Waals surface area contributed by atoms with Crippen LogP contribution in [0.2, 0.25) is 5.02 Å². The normalized spacial score (nSPS) is 18.0. The molecule has 1 unspecified atom stereocenters. The fraction of sp³-hybridized carbons (Fsp3) is 0.273. The lowest BCUT2D eigenvalue weighted by molar-refractivity contribution is -0.115. The lowest BCUT2D eigenvalue weighted by atomic mass is 10.1. The van der Waals surface area contributed by atoms with Crippen LogP contribution < -0.4 is 5.73 Å². The Morgan fingerprint density at radius 2 is 2.03 bits per heavy atom. The first kappa shape index (κ1) is 19.9. The minimum absolute atomic E-state index is 0.210. The van der Waals surface area contributed by atoms with Gasteiger partial charge >= 0.3 is 0 Å². The lowest BCUT2D eigenvalue weighted by Crippen LogP contribution is -2.53. The van der Waals surface area contributed by atoms with Gasteiger partial charge in [-0.05, 0) is 35.9 Å². The van der Waals surface area contributed by atoms with Crippen molar-refractivity contribution in [1.82, 2.24) is 24.8 Å². The molecule has 0 spiro atoms. The number of nitrogens with two attached hydrogens (primary N) is 1. The lowest BCUT2D eigenvalue weighted by Gasteiger charge is -2.38. The molecular formula is C22H21ClN6O2. The summed E-state index contributed by atoms with van der Waals surface area (Å²) < 4.78 is 5.83. The average molecular weight is 437 g/mol. The second kappa shape index (κ2) is 8.22. The third-order valence-electron chi connectivity index (χ3n) is 5.64. The summed E-state index contributed by atoms with van der Waals surface area (Å²) >= 11 is 6.03. The van der Waals surface area contributed by atoms with Gasteiger partial charge in [-0.3, -0.25) is 9.80 Å². The SMILES string of the molecule is Nc1ncnc2cc(CN3CCN(Cc4nc5cc(Cl)ccc5o4)CC3C=O)ccc12. The van der Waals surface area contributed by atoms with E-state index in [0.29, 0.717) is 41.9 Å². The molecule has 1 aliphatic rings. The van der Waals surface area contributed by atoms with Crippen LogP contribution in [0.4, 0.5) is 5.82 Å². The summed E-state index contributed by atoms with van der Waals surface area (Å²) in [5.74, 6) is 1.10. The zero-order valence-corrected chi connectivity index (χ0v) is 17.5. The van der Waals surface area contributed by atoms with E-state index in [1.165, 1.54) is 6.33 Å². The van der Waals surface area contributed by atoms with Crippen LogP contribution in [0.25, 0.3) is 22.0 Å². The third-order valence-corrected chi connectivity index (χ3v) is 5.88. The van der Waals surface area contributed by atoms with Gasteiger partial charge in [0.15, 0.2) is 5.58 Å². The van der Waals surface area contributed by atoms with Crippen molar-refractivity contribution in [2.75, 3.05) is 25.4 Å². The average Bonchev–Trinajstić information content (AvgIpc) is 3.16. The molecule has 0 radical (unpaired) electrons. The first-order chi connectivity index (χ1) is 15.1. The van der Waals surface area contributed by atoms with Crippen LogP contribution in [0, 0.1) is 0 Å². The summed E-state index contributed by atoms with van der Waals surface area (Å²) in [5.41, 5.74) is 9.26. The van der Waals surface area contributed by atoms with Crippen LogP contribution in [0.3, 0.4) is 0 Å². The summed E-state index contributed by atoms with van der Waals surface area (Å²) in [5, 5.41) is 1.47. The fourth-order valence-corrected chi connectivity index (χ4v) is 4.21. The van der Waals surface area contributed by atoms with Crippen LogP contribution in [0.1, 0.15) is 11.5 Å². The van der Waals surface area contributed by atoms with E-state index in [1.807, 2.05) is 24.3 Å². The molecular weight excluding hydrogens is 416 g/mol. The van der Waals surface area contributed by atoms with E-state index in [0.717, 1.165) is 41.4 Å². The Morgan fingerprint density at radius 3 is 2.90 bits per heavy atom. The molecule has 5 rings (SSSR count). The molecule has 4 aromatic rings. The van der Waals surface area contributed by atoms with E-state index in [9.17, 15) is 4.79 Å². The van der Waals surface area contributed by atoms with Crippen molar-refractivity contribution in [3.63, 3.8) is 0 Å². The van der Waals surface area contributed by atoms with Crippen molar-refractivity contribution in [1.29, 1.82) is 0 Å². The number of fused-ring (bicyclic) bond motifs is 2. The van der Waals surface area contributed by atoms with Crippen molar-refractivity contribution < 1.29 is 9.21 Å². The molecule has 1 saturated heterocycles. The number of nitrogens with zero attached hydrogens (tertiary/aromatic N) is 5. The zero-order valence-electron chi connectivity index (χ0n) is 16.7. The quantitative estimate of drug-likeness (QED) is 0.476. The van der Waals surface area contributed by atoms with Crippen LogP contribution in [-0.2, 0) is 17.9 Å². The number of oxazole rings is 1. The topological polar surface area (TPSA) is 101 Å². The Bertz CT molecular complexity index is 1260. The van der Waals surface area contributed by atoms with Crippen molar-refractivity contribution in [2.45, 2.75) is 19.1 Å². The molecule has 158 valence electrons. The molecule has 2 aromatic carbocycles. The molecule has 2 N–H and O–H groups in total. The van der Waals surface area contributed by atoms with Gasteiger partial charge in [0.2, 0.25) is 5.89 Å². The predicted molar refractivity (Wildman–Crippen MR) is 119 cm³/mol.